The molecule has 2 atom stereocenters. The standard InChI is InChI=1S/C16H25N3O2S/c1-11-5-3-4-6-13(11)19(2)15(20)10-22-9-14-17-16(18-21-14)12-7-8-12/h11-13H,3-10H2,1-2H3/t11-,13-/m0/s1. The van der Waals surface area contributed by atoms with Crippen LogP contribution in [0.5, 0.6) is 0 Å². The molecular formula is C16H25N3O2S. The molecule has 0 spiro atoms. The highest BCUT2D eigenvalue weighted by Crippen LogP contribution is 2.38. The Morgan fingerprint density at radius 1 is 1.32 bits per heavy atom. The van der Waals surface area contributed by atoms with E-state index in [1.165, 1.54) is 32.1 Å². The van der Waals surface area contributed by atoms with Gasteiger partial charge in [-0.3, -0.25) is 4.79 Å². The summed E-state index contributed by atoms with van der Waals surface area (Å²) in [6, 6.07) is 0.409. The first-order chi connectivity index (χ1) is 10.6. The molecule has 3 rings (SSSR count). The summed E-state index contributed by atoms with van der Waals surface area (Å²) in [6.07, 6.45) is 7.27. The Balaban J connectivity index is 1.42. The van der Waals surface area contributed by atoms with Crippen molar-refractivity contribution in [2.24, 2.45) is 5.92 Å². The Morgan fingerprint density at radius 2 is 2.09 bits per heavy atom. The summed E-state index contributed by atoms with van der Waals surface area (Å²) in [5, 5.41) is 4.00. The molecule has 0 N–H and O–H groups in total. The monoisotopic (exact) mass is 323 g/mol. The van der Waals surface area contributed by atoms with Crippen LogP contribution in [0, 0.1) is 5.92 Å². The highest BCUT2D eigenvalue weighted by Gasteiger charge is 2.29. The van der Waals surface area contributed by atoms with Crippen molar-refractivity contribution in [3.8, 4) is 0 Å². The third-order valence-corrected chi connectivity index (χ3v) is 5.74. The Labute approximate surface area is 136 Å². The Bertz CT molecular complexity index is 515. The van der Waals surface area contributed by atoms with E-state index in [1.807, 2.05) is 11.9 Å². The van der Waals surface area contributed by atoms with Crippen LogP contribution in [-0.2, 0) is 10.5 Å². The van der Waals surface area contributed by atoms with Gasteiger partial charge in [-0.1, -0.05) is 24.9 Å². The van der Waals surface area contributed by atoms with E-state index >= 15 is 0 Å². The van der Waals surface area contributed by atoms with Crippen molar-refractivity contribution in [1.82, 2.24) is 15.0 Å². The number of nitrogens with zero attached hydrogens (tertiary/aromatic N) is 3. The first-order valence-electron chi connectivity index (χ1n) is 8.31. The molecule has 2 aliphatic carbocycles. The molecule has 0 aliphatic heterocycles. The lowest BCUT2D eigenvalue weighted by Crippen LogP contribution is -2.43. The Kier molecular flexibility index (Phi) is 5.06. The van der Waals surface area contributed by atoms with Crippen LogP contribution in [0.15, 0.2) is 4.52 Å². The van der Waals surface area contributed by atoms with Gasteiger partial charge in [-0.15, -0.1) is 11.8 Å². The molecule has 2 fully saturated rings. The number of aromatic nitrogens is 2. The van der Waals surface area contributed by atoms with Gasteiger partial charge < -0.3 is 9.42 Å². The smallest absolute Gasteiger partial charge is 0.236 e. The van der Waals surface area contributed by atoms with Gasteiger partial charge in [-0.2, -0.15) is 4.98 Å². The van der Waals surface area contributed by atoms with Crippen LogP contribution in [0.3, 0.4) is 0 Å². The summed E-state index contributed by atoms with van der Waals surface area (Å²) in [7, 11) is 1.95. The Morgan fingerprint density at radius 3 is 2.82 bits per heavy atom. The SMILES string of the molecule is C[C@H]1CCCC[C@@H]1N(C)C(=O)CSCc1nc(C2CC2)no1. The van der Waals surface area contributed by atoms with E-state index in [9.17, 15) is 4.79 Å². The van der Waals surface area contributed by atoms with Gasteiger partial charge in [-0.05, 0) is 31.6 Å². The van der Waals surface area contributed by atoms with Gasteiger partial charge in [0.15, 0.2) is 5.82 Å². The number of hydrogen-bond donors (Lipinski definition) is 0. The highest BCUT2D eigenvalue weighted by molar-refractivity contribution is 7.99. The summed E-state index contributed by atoms with van der Waals surface area (Å²) in [5.74, 6) is 3.95. The molecule has 5 nitrogen and oxygen atoms in total. The van der Waals surface area contributed by atoms with Gasteiger partial charge in [0.1, 0.15) is 0 Å². The molecule has 0 saturated heterocycles. The topological polar surface area (TPSA) is 59.2 Å². The second kappa shape index (κ2) is 7.02. The van der Waals surface area contributed by atoms with Crippen molar-refractivity contribution in [2.75, 3.05) is 12.8 Å². The summed E-state index contributed by atoms with van der Waals surface area (Å²) in [6.45, 7) is 2.26. The fourth-order valence-corrected chi connectivity index (χ4v) is 3.99. The van der Waals surface area contributed by atoms with Crippen LogP contribution in [0.25, 0.3) is 0 Å². The van der Waals surface area contributed by atoms with Gasteiger partial charge in [0, 0.05) is 19.0 Å². The van der Waals surface area contributed by atoms with E-state index in [-0.39, 0.29) is 5.91 Å². The van der Waals surface area contributed by atoms with Crippen LogP contribution in [0.2, 0.25) is 0 Å². The van der Waals surface area contributed by atoms with E-state index in [0.29, 0.717) is 35.3 Å². The fraction of sp³-hybridized carbons (Fsp3) is 0.812. The molecule has 0 radical (unpaired) electrons. The Hall–Kier alpha value is -1.04. The molecule has 1 aromatic rings. The van der Waals surface area contributed by atoms with Crippen molar-refractivity contribution in [1.29, 1.82) is 0 Å². The molecule has 1 heterocycles. The van der Waals surface area contributed by atoms with Gasteiger partial charge >= 0.3 is 0 Å². The molecule has 0 unspecified atom stereocenters. The van der Waals surface area contributed by atoms with Crippen molar-refractivity contribution in [3.05, 3.63) is 11.7 Å². The zero-order valence-corrected chi connectivity index (χ0v) is 14.3. The van der Waals surface area contributed by atoms with Crippen molar-refractivity contribution in [3.63, 3.8) is 0 Å². The lowest BCUT2D eigenvalue weighted by molar-refractivity contribution is -0.130. The van der Waals surface area contributed by atoms with E-state index < -0.39 is 0 Å². The lowest BCUT2D eigenvalue weighted by Gasteiger charge is -2.36. The van der Waals surface area contributed by atoms with E-state index in [0.717, 1.165) is 12.2 Å². The third kappa shape index (κ3) is 3.83. The van der Waals surface area contributed by atoms with E-state index in [1.54, 1.807) is 11.8 Å². The second-order valence-electron chi connectivity index (χ2n) is 6.65. The van der Waals surface area contributed by atoms with Crippen molar-refractivity contribution >= 4 is 17.7 Å². The van der Waals surface area contributed by atoms with Crippen LogP contribution in [-0.4, -0.2) is 39.8 Å². The van der Waals surface area contributed by atoms with Gasteiger partial charge in [0.2, 0.25) is 11.8 Å². The molecule has 122 valence electrons. The first kappa shape index (κ1) is 15.8. The maximum absolute atomic E-state index is 12.3. The van der Waals surface area contributed by atoms with Gasteiger partial charge in [0.25, 0.3) is 0 Å². The van der Waals surface area contributed by atoms with Crippen LogP contribution < -0.4 is 0 Å². The fourth-order valence-electron chi connectivity index (χ4n) is 3.22. The minimum atomic E-state index is 0.214. The van der Waals surface area contributed by atoms with Crippen LogP contribution in [0.4, 0.5) is 0 Å². The number of amides is 1. The number of carbonyl (C=O) groups excluding carboxylic acids is 1. The molecule has 6 heteroatoms. The zero-order chi connectivity index (χ0) is 15.5. The minimum absolute atomic E-state index is 0.214. The number of rotatable bonds is 6. The maximum atomic E-state index is 12.3. The molecule has 2 aliphatic rings. The van der Waals surface area contributed by atoms with Crippen molar-refractivity contribution < 1.29 is 9.32 Å². The lowest BCUT2D eigenvalue weighted by atomic mass is 9.85. The molecular weight excluding hydrogens is 298 g/mol. The number of thioether (sulfide) groups is 1. The molecule has 2 saturated carbocycles. The van der Waals surface area contributed by atoms with Gasteiger partial charge in [-0.25, -0.2) is 0 Å². The van der Waals surface area contributed by atoms with Crippen LogP contribution >= 0.6 is 11.8 Å². The summed E-state index contributed by atoms with van der Waals surface area (Å²) in [5.41, 5.74) is 0. The molecule has 1 amide bonds. The predicted molar refractivity (Wildman–Crippen MR) is 86.6 cm³/mol. The highest BCUT2D eigenvalue weighted by atomic mass is 32.2. The van der Waals surface area contributed by atoms with E-state index in [2.05, 4.69) is 17.1 Å². The van der Waals surface area contributed by atoms with Gasteiger partial charge in [0.05, 0.1) is 11.5 Å². The second-order valence-corrected chi connectivity index (χ2v) is 7.63. The van der Waals surface area contributed by atoms with Crippen LogP contribution in [0.1, 0.15) is 63.1 Å². The molecule has 0 aromatic carbocycles. The van der Waals surface area contributed by atoms with E-state index in [4.69, 9.17) is 4.52 Å². The summed E-state index contributed by atoms with van der Waals surface area (Å²) >= 11 is 1.57. The number of hydrogen-bond acceptors (Lipinski definition) is 5. The molecule has 0 bridgehead atoms. The molecule has 22 heavy (non-hydrogen) atoms. The average Bonchev–Trinajstić information content (AvgIpc) is 3.27. The number of carbonyl (C=O) groups is 1. The average molecular weight is 323 g/mol. The largest absolute Gasteiger partial charge is 0.342 e. The first-order valence-corrected chi connectivity index (χ1v) is 9.46. The maximum Gasteiger partial charge on any atom is 0.236 e. The molecule has 1 aromatic heterocycles. The quantitative estimate of drug-likeness (QED) is 0.804. The normalized spacial score (nSPS) is 25.2. The summed E-state index contributed by atoms with van der Waals surface area (Å²) < 4.78 is 5.23. The third-order valence-electron chi connectivity index (χ3n) is 4.83. The predicted octanol–water partition coefficient (Wildman–Crippen LogP) is 3.22. The summed E-state index contributed by atoms with van der Waals surface area (Å²) in [4.78, 5) is 18.7. The minimum Gasteiger partial charge on any atom is -0.342 e. The van der Waals surface area contributed by atoms with Crippen molar-refractivity contribution in [2.45, 2.75) is 63.2 Å². The zero-order valence-electron chi connectivity index (χ0n) is 13.5.